The third-order valence-electron chi connectivity index (χ3n) is 3.54. The summed E-state index contributed by atoms with van der Waals surface area (Å²) in [4.78, 5) is 2.48. The van der Waals surface area contributed by atoms with Gasteiger partial charge in [0.1, 0.15) is 0 Å². The molecule has 2 rings (SSSR count). The summed E-state index contributed by atoms with van der Waals surface area (Å²) in [6.45, 7) is 7.17. The zero-order valence-corrected chi connectivity index (χ0v) is 11.1. The third-order valence-corrected chi connectivity index (χ3v) is 4.82. The van der Waals surface area contributed by atoms with Gasteiger partial charge >= 0.3 is 0 Å². The van der Waals surface area contributed by atoms with Gasteiger partial charge in [-0.3, -0.25) is 4.21 Å². The van der Waals surface area contributed by atoms with Crippen molar-refractivity contribution < 1.29 is 8.95 Å². The monoisotopic (exact) mass is 245 g/mol. The number of ether oxygens (including phenoxy) is 1. The highest BCUT2D eigenvalue weighted by molar-refractivity contribution is 7.85. The fourth-order valence-corrected chi connectivity index (χ4v) is 3.39. The van der Waals surface area contributed by atoms with E-state index in [1.54, 1.807) is 0 Å². The summed E-state index contributed by atoms with van der Waals surface area (Å²) in [5, 5.41) is 0. The van der Waals surface area contributed by atoms with E-state index in [1.807, 2.05) is 0 Å². The maximum absolute atomic E-state index is 11.3. The van der Waals surface area contributed by atoms with Crippen molar-refractivity contribution in [2.75, 3.05) is 44.4 Å². The molecule has 0 atom stereocenters. The summed E-state index contributed by atoms with van der Waals surface area (Å²) in [5.74, 6) is 1.73. The molecule has 1 aliphatic carbocycles. The second-order valence-electron chi connectivity index (χ2n) is 5.18. The zero-order valence-electron chi connectivity index (χ0n) is 10.2. The predicted molar refractivity (Wildman–Crippen MR) is 67.1 cm³/mol. The first-order chi connectivity index (χ1) is 7.74. The van der Waals surface area contributed by atoms with E-state index in [1.165, 1.54) is 12.8 Å². The van der Waals surface area contributed by atoms with Crippen molar-refractivity contribution in [1.29, 1.82) is 0 Å². The number of hydrogen-bond acceptors (Lipinski definition) is 3. The summed E-state index contributed by atoms with van der Waals surface area (Å²) in [5.41, 5.74) is 0.452. The summed E-state index contributed by atoms with van der Waals surface area (Å²) in [6, 6.07) is 0. The fraction of sp³-hybridized carbons (Fsp3) is 1.00. The zero-order chi connectivity index (χ0) is 11.4. The minimum Gasteiger partial charge on any atom is -0.381 e. The maximum Gasteiger partial charge on any atom is 0.0534 e. The minimum atomic E-state index is -0.549. The molecule has 0 radical (unpaired) electrons. The third kappa shape index (κ3) is 3.54. The van der Waals surface area contributed by atoms with Crippen LogP contribution in [-0.2, 0) is 15.5 Å². The average molecular weight is 245 g/mol. The molecule has 0 N–H and O–H groups in total. The molecule has 0 unspecified atom stereocenters. The molecular formula is C12H23NO2S. The maximum atomic E-state index is 11.3. The van der Waals surface area contributed by atoms with E-state index in [0.29, 0.717) is 5.41 Å². The lowest BCUT2D eigenvalue weighted by Gasteiger charge is -2.30. The van der Waals surface area contributed by atoms with Gasteiger partial charge in [-0.25, -0.2) is 0 Å². The Morgan fingerprint density at radius 2 is 2.00 bits per heavy atom. The van der Waals surface area contributed by atoms with Crippen molar-refractivity contribution in [3.8, 4) is 0 Å². The van der Waals surface area contributed by atoms with Crippen molar-refractivity contribution in [3.63, 3.8) is 0 Å². The predicted octanol–water partition coefficient (Wildman–Crippen LogP) is 1.26. The molecule has 1 saturated carbocycles. The van der Waals surface area contributed by atoms with Crippen LogP contribution in [0.1, 0.15) is 26.2 Å². The van der Waals surface area contributed by atoms with Gasteiger partial charge in [-0.15, -0.1) is 0 Å². The molecule has 0 spiro atoms. The van der Waals surface area contributed by atoms with E-state index in [4.69, 9.17) is 4.74 Å². The summed E-state index contributed by atoms with van der Waals surface area (Å²) >= 11 is 0. The Morgan fingerprint density at radius 3 is 2.56 bits per heavy atom. The molecule has 2 fully saturated rings. The van der Waals surface area contributed by atoms with Crippen molar-refractivity contribution in [2.45, 2.75) is 26.2 Å². The van der Waals surface area contributed by atoms with Gasteiger partial charge in [-0.05, 0) is 19.3 Å². The van der Waals surface area contributed by atoms with Gasteiger partial charge in [0.05, 0.1) is 6.61 Å². The summed E-state index contributed by atoms with van der Waals surface area (Å²) in [7, 11) is -0.549. The lowest BCUT2D eigenvalue weighted by Crippen LogP contribution is -2.42. The molecule has 0 bridgehead atoms. The Labute approximate surface area is 101 Å². The standard InChI is InChI=1S/C12H23NO2S/c1-2-7-15-11-12(3-4-12)10-13-5-8-16(14)9-6-13/h2-11H2,1H3. The van der Waals surface area contributed by atoms with Crippen LogP contribution in [0.25, 0.3) is 0 Å². The van der Waals surface area contributed by atoms with E-state index < -0.39 is 10.8 Å². The largest absolute Gasteiger partial charge is 0.381 e. The van der Waals surface area contributed by atoms with Crippen LogP contribution >= 0.6 is 0 Å². The number of hydrogen-bond donors (Lipinski definition) is 0. The number of nitrogens with zero attached hydrogens (tertiary/aromatic N) is 1. The normalized spacial score (nSPS) is 25.8. The van der Waals surface area contributed by atoms with Crippen LogP contribution in [0.2, 0.25) is 0 Å². The first-order valence-corrected chi connectivity index (χ1v) is 7.88. The Kier molecular flexibility index (Phi) is 4.39. The van der Waals surface area contributed by atoms with Gasteiger partial charge in [0, 0.05) is 54.0 Å². The second kappa shape index (κ2) is 5.61. The van der Waals surface area contributed by atoms with Crippen LogP contribution in [0.4, 0.5) is 0 Å². The highest BCUT2D eigenvalue weighted by Gasteiger charge is 2.44. The minimum absolute atomic E-state index is 0.452. The lowest BCUT2D eigenvalue weighted by atomic mass is 10.1. The van der Waals surface area contributed by atoms with Crippen LogP contribution in [0.5, 0.6) is 0 Å². The quantitative estimate of drug-likeness (QED) is 0.660. The first-order valence-electron chi connectivity index (χ1n) is 6.39. The summed E-state index contributed by atoms with van der Waals surface area (Å²) < 4.78 is 16.9. The highest BCUT2D eigenvalue weighted by Crippen LogP contribution is 2.46. The molecule has 2 aliphatic rings. The highest BCUT2D eigenvalue weighted by atomic mass is 32.2. The molecule has 0 aromatic carbocycles. The van der Waals surface area contributed by atoms with Gasteiger partial charge in [-0.1, -0.05) is 6.92 Å². The van der Waals surface area contributed by atoms with Gasteiger partial charge in [0.15, 0.2) is 0 Å². The first kappa shape index (κ1) is 12.5. The molecule has 0 amide bonds. The topological polar surface area (TPSA) is 29.5 Å². The molecule has 4 heteroatoms. The molecule has 1 saturated heterocycles. The SMILES string of the molecule is CCCOCC1(CN2CCS(=O)CC2)CC1. The molecule has 3 nitrogen and oxygen atoms in total. The van der Waals surface area contributed by atoms with Gasteiger partial charge in [0.25, 0.3) is 0 Å². The fourth-order valence-electron chi connectivity index (χ4n) is 2.27. The van der Waals surface area contributed by atoms with Crippen LogP contribution < -0.4 is 0 Å². The second-order valence-corrected chi connectivity index (χ2v) is 6.87. The van der Waals surface area contributed by atoms with Crippen molar-refractivity contribution in [3.05, 3.63) is 0 Å². The van der Waals surface area contributed by atoms with Crippen LogP contribution in [0, 0.1) is 5.41 Å². The average Bonchev–Trinajstić information content (AvgIpc) is 3.03. The van der Waals surface area contributed by atoms with Crippen molar-refractivity contribution in [1.82, 2.24) is 4.90 Å². The molecule has 1 heterocycles. The van der Waals surface area contributed by atoms with E-state index in [2.05, 4.69) is 11.8 Å². The molecule has 16 heavy (non-hydrogen) atoms. The number of rotatable bonds is 6. The van der Waals surface area contributed by atoms with Crippen LogP contribution in [0.3, 0.4) is 0 Å². The Hall–Kier alpha value is 0.0700. The van der Waals surface area contributed by atoms with Crippen LogP contribution in [0.15, 0.2) is 0 Å². The van der Waals surface area contributed by atoms with Crippen LogP contribution in [-0.4, -0.2) is 53.5 Å². The molecule has 1 aliphatic heterocycles. The van der Waals surface area contributed by atoms with E-state index >= 15 is 0 Å². The molecule has 0 aromatic rings. The molecule has 94 valence electrons. The Balaban J connectivity index is 1.70. The van der Waals surface area contributed by atoms with Crippen molar-refractivity contribution in [2.24, 2.45) is 5.41 Å². The van der Waals surface area contributed by atoms with E-state index in [0.717, 1.165) is 50.8 Å². The van der Waals surface area contributed by atoms with Crippen molar-refractivity contribution >= 4 is 10.8 Å². The van der Waals surface area contributed by atoms with E-state index in [-0.39, 0.29) is 0 Å². The van der Waals surface area contributed by atoms with Gasteiger partial charge < -0.3 is 9.64 Å². The van der Waals surface area contributed by atoms with Gasteiger partial charge in [-0.2, -0.15) is 0 Å². The Morgan fingerprint density at radius 1 is 1.31 bits per heavy atom. The lowest BCUT2D eigenvalue weighted by molar-refractivity contribution is 0.0724. The summed E-state index contributed by atoms with van der Waals surface area (Å²) in [6.07, 6.45) is 3.74. The smallest absolute Gasteiger partial charge is 0.0534 e. The van der Waals surface area contributed by atoms with E-state index in [9.17, 15) is 4.21 Å². The van der Waals surface area contributed by atoms with Gasteiger partial charge in [0.2, 0.25) is 0 Å². The molecular weight excluding hydrogens is 222 g/mol. The Bertz CT molecular complexity index is 243. The molecule has 0 aromatic heterocycles.